The monoisotopic (exact) mass is 273 g/mol. The van der Waals surface area contributed by atoms with E-state index >= 15 is 0 Å². The second kappa shape index (κ2) is 5.36. The van der Waals surface area contributed by atoms with Crippen molar-refractivity contribution in [1.29, 1.82) is 0 Å². The van der Waals surface area contributed by atoms with Gasteiger partial charge in [0.2, 0.25) is 0 Å². The van der Waals surface area contributed by atoms with Crippen LogP contribution in [0.25, 0.3) is 0 Å². The van der Waals surface area contributed by atoms with Crippen LogP contribution in [0, 0.1) is 0 Å². The van der Waals surface area contributed by atoms with Crippen molar-refractivity contribution in [3.63, 3.8) is 0 Å². The van der Waals surface area contributed by atoms with Crippen LogP contribution in [0.1, 0.15) is 47.5 Å². The molecule has 1 aliphatic heterocycles. The fraction of sp³-hybridized carbons (Fsp3) is 0.846. The van der Waals surface area contributed by atoms with E-state index < -0.39 is 23.2 Å². The third-order valence-corrected chi connectivity index (χ3v) is 2.89. The van der Waals surface area contributed by atoms with Crippen molar-refractivity contribution in [3.8, 4) is 0 Å². The van der Waals surface area contributed by atoms with Crippen molar-refractivity contribution in [2.24, 2.45) is 0 Å². The Bertz CT molecular complexity index is 351. The van der Waals surface area contributed by atoms with E-state index in [1.807, 2.05) is 0 Å². The van der Waals surface area contributed by atoms with Crippen LogP contribution < -0.4 is 5.32 Å². The zero-order valence-electron chi connectivity index (χ0n) is 12.1. The van der Waals surface area contributed by atoms with E-state index in [0.29, 0.717) is 0 Å². The summed E-state index contributed by atoms with van der Waals surface area (Å²) in [6.07, 6.45) is -0.710. The number of hydrogen-bond donors (Lipinski definition) is 2. The molecular formula is C13H23NO5. The standard InChI is InChI=1S/C13H23NO5/c1-8-6-13(10(15)16,7-9(2)18-8)14-11(17)19-12(3,4)5/h8-9H,6-7H2,1-5H3,(H,14,17)(H,15,16). The zero-order chi connectivity index (χ0) is 14.8. The number of aliphatic carboxylic acids is 1. The Morgan fingerprint density at radius 2 is 1.74 bits per heavy atom. The van der Waals surface area contributed by atoms with E-state index in [0.717, 1.165) is 0 Å². The SMILES string of the molecule is CC1CC(NC(=O)OC(C)(C)C)(C(=O)O)CC(C)O1. The minimum Gasteiger partial charge on any atom is -0.479 e. The predicted octanol–water partition coefficient (Wildman–Crippen LogP) is 1.92. The first kappa shape index (κ1) is 15.8. The highest BCUT2D eigenvalue weighted by atomic mass is 16.6. The number of carbonyl (C=O) groups is 2. The maximum atomic E-state index is 11.8. The van der Waals surface area contributed by atoms with Crippen LogP contribution in [-0.2, 0) is 14.3 Å². The molecule has 0 aliphatic carbocycles. The molecule has 2 N–H and O–H groups in total. The lowest BCUT2D eigenvalue weighted by atomic mass is 9.84. The van der Waals surface area contributed by atoms with Crippen molar-refractivity contribution in [2.75, 3.05) is 0 Å². The van der Waals surface area contributed by atoms with Crippen LogP contribution in [0.3, 0.4) is 0 Å². The highest BCUT2D eigenvalue weighted by Crippen LogP contribution is 2.29. The van der Waals surface area contributed by atoms with Crippen LogP contribution in [0.15, 0.2) is 0 Å². The largest absolute Gasteiger partial charge is 0.479 e. The van der Waals surface area contributed by atoms with Gasteiger partial charge in [0.1, 0.15) is 11.1 Å². The van der Waals surface area contributed by atoms with Gasteiger partial charge in [0.05, 0.1) is 12.2 Å². The van der Waals surface area contributed by atoms with Crippen molar-refractivity contribution in [3.05, 3.63) is 0 Å². The summed E-state index contributed by atoms with van der Waals surface area (Å²) in [6.45, 7) is 8.79. The molecule has 6 heteroatoms. The number of ether oxygens (including phenoxy) is 2. The maximum Gasteiger partial charge on any atom is 0.408 e. The lowest BCUT2D eigenvalue weighted by molar-refractivity contribution is -0.155. The van der Waals surface area contributed by atoms with Crippen LogP contribution in [0.2, 0.25) is 0 Å². The van der Waals surface area contributed by atoms with Crippen LogP contribution in [-0.4, -0.2) is 40.5 Å². The number of alkyl carbamates (subject to hydrolysis) is 1. The van der Waals surface area contributed by atoms with Crippen LogP contribution in [0.4, 0.5) is 4.79 Å². The molecule has 19 heavy (non-hydrogen) atoms. The Kier molecular flexibility index (Phi) is 4.45. The van der Waals surface area contributed by atoms with E-state index in [9.17, 15) is 14.7 Å². The molecule has 1 aliphatic rings. The molecule has 1 heterocycles. The van der Waals surface area contributed by atoms with Gasteiger partial charge in [0, 0.05) is 12.8 Å². The Hall–Kier alpha value is -1.30. The molecule has 1 rings (SSSR count). The zero-order valence-corrected chi connectivity index (χ0v) is 12.1. The minimum absolute atomic E-state index is 0.227. The van der Waals surface area contributed by atoms with Gasteiger partial charge >= 0.3 is 12.1 Å². The molecule has 2 atom stereocenters. The lowest BCUT2D eigenvalue weighted by Crippen LogP contribution is -2.61. The Balaban J connectivity index is 2.83. The third-order valence-electron chi connectivity index (χ3n) is 2.89. The fourth-order valence-electron chi connectivity index (χ4n) is 2.39. The molecule has 0 aromatic carbocycles. The molecule has 1 saturated heterocycles. The summed E-state index contributed by atoms with van der Waals surface area (Å²) in [5.41, 5.74) is -1.98. The number of carboxylic acid groups (broad SMARTS) is 1. The summed E-state index contributed by atoms with van der Waals surface area (Å²) < 4.78 is 10.7. The van der Waals surface area contributed by atoms with E-state index in [2.05, 4.69) is 5.32 Å². The molecule has 1 fully saturated rings. The molecule has 110 valence electrons. The van der Waals surface area contributed by atoms with Gasteiger partial charge < -0.3 is 19.9 Å². The first-order valence-corrected chi connectivity index (χ1v) is 6.44. The van der Waals surface area contributed by atoms with Crippen molar-refractivity contribution in [2.45, 2.75) is 70.8 Å². The average molecular weight is 273 g/mol. The number of nitrogens with one attached hydrogen (secondary N) is 1. The number of hydrogen-bond acceptors (Lipinski definition) is 4. The number of carbonyl (C=O) groups excluding carboxylic acids is 1. The summed E-state index contributed by atoms with van der Waals surface area (Å²) in [7, 11) is 0. The summed E-state index contributed by atoms with van der Waals surface area (Å²) in [5, 5.41) is 12.0. The molecule has 6 nitrogen and oxygen atoms in total. The van der Waals surface area contributed by atoms with Gasteiger partial charge in [-0.25, -0.2) is 9.59 Å². The average Bonchev–Trinajstić information content (AvgIpc) is 2.11. The molecule has 1 amide bonds. The highest BCUT2D eigenvalue weighted by molar-refractivity contribution is 5.84. The van der Waals surface area contributed by atoms with Gasteiger partial charge in [0.25, 0.3) is 0 Å². The summed E-state index contributed by atoms with van der Waals surface area (Å²) in [4.78, 5) is 23.4. The van der Waals surface area contributed by atoms with Gasteiger partial charge in [-0.15, -0.1) is 0 Å². The number of carboxylic acids is 1. The molecule has 0 spiro atoms. The Morgan fingerprint density at radius 1 is 1.26 bits per heavy atom. The van der Waals surface area contributed by atoms with E-state index in [4.69, 9.17) is 9.47 Å². The third kappa shape index (κ3) is 4.38. The van der Waals surface area contributed by atoms with Gasteiger partial charge in [-0.3, -0.25) is 0 Å². The van der Waals surface area contributed by atoms with Gasteiger partial charge in [0.15, 0.2) is 0 Å². The number of rotatable bonds is 2. The normalized spacial score (nSPS) is 31.6. The maximum absolute atomic E-state index is 11.8. The van der Waals surface area contributed by atoms with Crippen LogP contribution >= 0.6 is 0 Å². The van der Waals surface area contributed by atoms with Crippen molar-refractivity contribution in [1.82, 2.24) is 5.32 Å². The fourth-order valence-corrected chi connectivity index (χ4v) is 2.39. The van der Waals surface area contributed by atoms with Crippen molar-refractivity contribution >= 4 is 12.1 Å². The molecule has 0 saturated carbocycles. The molecule has 0 radical (unpaired) electrons. The van der Waals surface area contributed by atoms with E-state index in [1.165, 1.54) is 0 Å². The van der Waals surface area contributed by atoms with E-state index in [1.54, 1.807) is 34.6 Å². The predicted molar refractivity (Wildman–Crippen MR) is 69.0 cm³/mol. The first-order chi connectivity index (χ1) is 8.54. The van der Waals surface area contributed by atoms with Gasteiger partial charge in [-0.05, 0) is 34.6 Å². The molecule has 2 unspecified atom stereocenters. The van der Waals surface area contributed by atoms with E-state index in [-0.39, 0.29) is 25.0 Å². The Morgan fingerprint density at radius 3 is 2.11 bits per heavy atom. The lowest BCUT2D eigenvalue weighted by Gasteiger charge is -2.40. The first-order valence-electron chi connectivity index (χ1n) is 6.44. The van der Waals surface area contributed by atoms with Gasteiger partial charge in [-0.1, -0.05) is 0 Å². The minimum atomic E-state index is -1.32. The quantitative estimate of drug-likeness (QED) is 0.803. The molecule has 0 aromatic rings. The number of amides is 1. The topological polar surface area (TPSA) is 84.9 Å². The summed E-state index contributed by atoms with van der Waals surface area (Å²) >= 11 is 0. The Labute approximate surface area is 113 Å². The second-order valence-electron chi connectivity index (χ2n) is 6.18. The summed E-state index contributed by atoms with van der Waals surface area (Å²) in [5.74, 6) is -1.06. The smallest absolute Gasteiger partial charge is 0.408 e. The van der Waals surface area contributed by atoms with Gasteiger partial charge in [-0.2, -0.15) is 0 Å². The molecule has 0 bridgehead atoms. The van der Waals surface area contributed by atoms with Crippen molar-refractivity contribution < 1.29 is 24.2 Å². The molecular weight excluding hydrogens is 250 g/mol. The van der Waals surface area contributed by atoms with Crippen LogP contribution in [0.5, 0.6) is 0 Å². The highest BCUT2D eigenvalue weighted by Gasteiger charge is 2.47. The second-order valence-corrected chi connectivity index (χ2v) is 6.18. The summed E-state index contributed by atoms with van der Waals surface area (Å²) in [6, 6.07) is 0. The molecule has 0 aromatic heterocycles.